The van der Waals surface area contributed by atoms with Gasteiger partial charge in [0.15, 0.2) is 13.2 Å². The van der Waals surface area contributed by atoms with Gasteiger partial charge in [0.25, 0.3) is 11.8 Å². The Morgan fingerprint density at radius 1 is 0.661 bits per heavy atom. The molecule has 14 nitrogen and oxygen atoms in total. The number of ether oxygens (including phenoxy) is 2. The van der Waals surface area contributed by atoms with Crippen molar-refractivity contribution < 1.29 is 49.1 Å². The van der Waals surface area contributed by atoms with Crippen LogP contribution < -0.4 is 29.9 Å². The van der Waals surface area contributed by atoms with E-state index in [4.69, 9.17) is 32.7 Å². The molecule has 56 heavy (non-hydrogen) atoms. The third-order valence-electron chi connectivity index (χ3n) is 9.56. The maximum absolute atomic E-state index is 12.9. The molecule has 0 aliphatic carbocycles. The fourth-order valence-electron chi connectivity index (χ4n) is 6.81. The number of carbonyl (C=O) groups is 4. The monoisotopic (exact) mass is 806 g/mol. The molecule has 4 aromatic rings. The second-order valence-corrected chi connectivity index (χ2v) is 14.3. The van der Waals surface area contributed by atoms with Crippen molar-refractivity contribution in [3.8, 4) is 44.9 Å². The third-order valence-corrected chi connectivity index (χ3v) is 10.4. The van der Waals surface area contributed by atoms with E-state index < -0.39 is 49.3 Å². The number of aliphatic hydroxyl groups is 2. The Kier molecular flexibility index (Phi) is 12.5. The highest BCUT2D eigenvalue weighted by Gasteiger charge is 2.31. The number of rotatable bonds is 15. The fraction of sp³-hybridized carbons (Fsp3) is 0.300. The molecule has 4 aromatic carbocycles. The number of nitrogens with zero attached hydrogens (tertiary/aromatic N) is 2. The van der Waals surface area contributed by atoms with E-state index in [1.165, 1.54) is 9.80 Å². The summed E-state index contributed by atoms with van der Waals surface area (Å²) >= 11 is 14.2. The first kappa shape index (κ1) is 40.4. The molecule has 16 heteroatoms. The quantitative estimate of drug-likeness (QED) is 0.0999. The predicted octanol–water partition coefficient (Wildman–Crippen LogP) is 4.29. The summed E-state index contributed by atoms with van der Waals surface area (Å²) in [6.07, 6.45) is 0. The van der Waals surface area contributed by atoms with E-state index in [0.717, 1.165) is 11.1 Å². The lowest BCUT2D eigenvalue weighted by atomic mass is 9.95. The number of carbonyl (C=O) groups excluding carboxylic acids is 2. The number of amides is 2. The number of benzene rings is 4. The Morgan fingerprint density at radius 2 is 1.04 bits per heavy atom. The van der Waals surface area contributed by atoms with Crippen LogP contribution in [0, 0.1) is 0 Å². The van der Waals surface area contributed by atoms with Crippen LogP contribution in [0.4, 0.5) is 11.4 Å². The van der Waals surface area contributed by atoms with Crippen LogP contribution in [0.1, 0.15) is 13.8 Å². The first-order valence-corrected chi connectivity index (χ1v) is 18.5. The lowest BCUT2D eigenvalue weighted by Crippen LogP contribution is -2.51. The summed E-state index contributed by atoms with van der Waals surface area (Å²) in [6, 6.07) is 18.6. The van der Waals surface area contributed by atoms with Gasteiger partial charge in [-0.1, -0.05) is 71.7 Å². The molecule has 0 radical (unpaired) electrons. The van der Waals surface area contributed by atoms with Crippen LogP contribution >= 0.6 is 23.2 Å². The number of aliphatic carboxylic acids is 2. The molecular weight excluding hydrogens is 767 g/mol. The van der Waals surface area contributed by atoms with E-state index in [1.54, 1.807) is 38.1 Å². The van der Waals surface area contributed by atoms with Gasteiger partial charge >= 0.3 is 11.9 Å². The summed E-state index contributed by atoms with van der Waals surface area (Å²) in [5.41, 5.74) is 5.17. The van der Waals surface area contributed by atoms with Crippen molar-refractivity contribution in [2.24, 2.45) is 0 Å². The molecule has 0 unspecified atom stereocenters. The first-order chi connectivity index (χ1) is 26.8. The third kappa shape index (κ3) is 8.45. The number of hydrogen-bond donors (Lipinski definition) is 6. The number of anilines is 2. The van der Waals surface area contributed by atoms with Crippen LogP contribution in [0.15, 0.2) is 72.8 Å². The molecule has 0 bridgehead atoms. The van der Waals surface area contributed by atoms with Gasteiger partial charge in [-0.05, 0) is 49.2 Å². The maximum atomic E-state index is 12.9. The van der Waals surface area contributed by atoms with Gasteiger partial charge in [0.2, 0.25) is 0 Å². The van der Waals surface area contributed by atoms with Crippen molar-refractivity contribution in [3.05, 3.63) is 82.8 Å². The molecule has 0 saturated heterocycles. The molecule has 0 aromatic heterocycles. The minimum atomic E-state index is -1.19. The topological polar surface area (TPSA) is 198 Å². The number of aliphatic hydroxyl groups excluding tert-OH is 2. The van der Waals surface area contributed by atoms with Crippen LogP contribution in [-0.4, -0.2) is 108 Å². The zero-order chi connectivity index (χ0) is 40.3. The second-order valence-electron chi connectivity index (χ2n) is 13.6. The smallest absolute Gasteiger partial charge is 0.323 e. The molecule has 6 rings (SSSR count). The summed E-state index contributed by atoms with van der Waals surface area (Å²) in [7, 11) is 0. The minimum absolute atomic E-state index is 0.146. The van der Waals surface area contributed by atoms with E-state index in [1.807, 2.05) is 48.5 Å². The number of hydrogen-bond acceptors (Lipinski definition) is 10. The number of carboxylic acids is 2. The lowest BCUT2D eigenvalue weighted by molar-refractivity contribution is -0.141. The summed E-state index contributed by atoms with van der Waals surface area (Å²) in [4.78, 5) is 51.6. The first-order valence-electron chi connectivity index (χ1n) is 17.7. The van der Waals surface area contributed by atoms with Crippen molar-refractivity contribution in [3.63, 3.8) is 0 Å². The maximum Gasteiger partial charge on any atom is 0.323 e. The Bertz CT molecular complexity index is 2020. The lowest BCUT2D eigenvalue weighted by Gasteiger charge is -2.32. The van der Waals surface area contributed by atoms with Gasteiger partial charge in [0, 0.05) is 47.4 Å². The van der Waals surface area contributed by atoms with Gasteiger partial charge < -0.3 is 39.7 Å². The molecular formula is C40H40Cl2N4O10. The molecule has 2 aliphatic rings. The van der Waals surface area contributed by atoms with E-state index in [9.17, 15) is 39.6 Å². The highest BCUT2D eigenvalue weighted by atomic mass is 35.5. The molecule has 2 amide bonds. The van der Waals surface area contributed by atoms with Gasteiger partial charge in [-0.2, -0.15) is 0 Å². The van der Waals surface area contributed by atoms with Crippen molar-refractivity contribution in [2.45, 2.75) is 38.0 Å². The molecule has 6 N–H and O–H groups in total. The molecule has 294 valence electrons. The van der Waals surface area contributed by atoms with Crippen LogP contribution in [0.25, 0.3) is 33.4 Å². The largest absolute Gasteiger partial charge is 0.482 e. The molecule has 0 fully saturated rings. The summed E-state index contributed by atoms with van der Waals surface area (Å²) in [6.45, 7) is 2.14. The van der Waals surface area contributed by atoms with Crippen LogP contribution in [0.3, 0.4) is 0 Å². The van der Waals surface area contributed by atoms with Crippen molar-refractivity contribution in [2.75, 3.05) is 49.3 Å². The van der Waals surface area contributed by atoms with Gasteiger partial charge in [-0.15, -0.1) is 0 Å². The van der Waals surface area contributed by atoms with Crippen molar-refractivity contribution in [1.29, 1.82) is 0 Å². The molecule has 0 spiro atoms. The van der Waals surface area contributed by atoms with Gasteiger partial charge in [0.1, 0.15) is 23.6 Å². The number of fused-ring (bicyclic) bond motifs is 2. The average Bonchev–Trinajstić information content (AvgIpc) is 3.18. The Labute approximate surface area is 332 Å². The SMILES string of the molecule is C[C@H](CN1C(=O)COc2cc(-c3cccc(-c4cccc(-c5ccc6c(c5)OCC(=O)N6C[C@@H](C)N[C@@H](CO)C(=O)O)c4Cl)c3Cl)ccc21)N[C@@H](CO)C(=O)O. The molecule has 4 atom stereocenters. The molecule has 0 saturated carbocycles. The number of halogens is 2. The van der Waals surface area contributed by atoms with Crippen molar-refractivity contribution >= 4 is 58.3 Å². The average molecular weight is 808 g/mol. The Morgan fingerprint density at radius 3 is 1.39 bits per heavy atom. The van der Waals surface area contributed by atoms with Gasteiger partial charge in [-0.25, -0.2) is 0 Å². The molecule has 2 heterocycles. The Hall–Kier alpha value is -5.22. The molecule has 2 aliphatic heterocycles. The normalized spacial score (nSPS) is 15.9. The fourth-order valence-corrected chi connectivity index (χ4v) is 7.49. The highest BCUT2D eigenvalue weighted by molar-refractivity contribution is 6.39. The standard InChI is InChI=1S/C40H40Cl2N4O10/c1-21(43-29(17-47)39(51)52)15-45-31-11-9-23(13-33(31)55-19-35(45)49)25-5-3-7-27(37(25)41)28-8-4-6-26(38(28)42)24-10-12-32-34(14-24)56-20-36(50)46(32)16-22(2)44-30(18-48)40(53)54/h3-14,21-22,29-30,43-44,47-48H,15-20H2,1-2H3,(H,51,52)(H,53,54)/t21-,22-,29+,30+/m1/s1. The van der Waals surface area contributed by atoms with Crippen LogP contribution in [0.2, 0.25) is 10.0 Å². The van der Waals surface area contributed by atoms with Gasteiger partial charge in [0.05, 0.1) is 34.6 Å². The zero-order valence-corrected chi connectivity index (χ0v) is 31.9. The number of nitrogens with one attached hydrogen (secondary N) is 2. The minimum Gasteiger partial charge on any atom is -0.482 e. The van der Waals surface area contributed by atoms with Crippen molar-refractivity contribution in [1.82, 2.24) is 10.6 Å². The Balaban J connectivity index is 1.25. The van der Waals surface area contributed by atoms with E-state index in [2.05, 4.69) is 10.6 Å². The van der Waals surface area contributed by atoms with Crippen LogP contribution in [0.5, 0.6) is 11.5 Å². The second kappa shape index (κ2) is 17.3. The van der Waals surface area contributed by atoms with E-state index in [-0.39, 0.29) is 38.1 Å². The number of carboxylic acid groups (broad SMARTS) is 2. The zero-order valence-electron chi connectivity index (χ0n) is 30.4. The van der Waals surface area contributed by atoms with Crippen LogP contribution in [-0.2, 0) is 19.2 Å². The van der Waals surface area contributed by atoms with Gasteiger partial charge in [-0.3, -0.25) is 29.8 Å². The van der Waals surface area contributed by atoms with E-state index >= 15 is 0 Å². The predicted molar refractivity (Wildman–Crippen MR) is 211 cm³/mol. The highest BCUT2D eigenvalue weighted by Crippen LogP contribution is 2.45. The summed E-state index contributed by atoms with van der Waals surface area (Å²) in [5.74, 6) is -2.08. The summed E-state index contributed by atoms with van der Waals surface area (Å²) < 4.78 is 11.6. The van der Waals surface area contributed by atoms with E-state index in [0.29, 0.717) is 55.2 Å². The summed E-state index contributed by atoms with van der Waals surface area (Å²) in [5, 5.41) is 43.9.